The summed E-state index contributed by atoms with van der Waals surface area (Å²) in [5.41, 5.74) is 2.63. The fourth-order valence-corrected chi connectivity index (χ4v) is 3.87. The average Bonchev–Trinajstić information content (AvgIpc) is 2.87. The normalized spacial score (nSPS) is 25.8. The van der Waals surface area contributed by atoms with Gasteiger partial charge in [-0.15, -0.1) is 0 Å². The van der Waals surface area contributed by atoms with E-state index in [1.54, 1.807) is 0 Å². The summed E-state index contributed by atoms with van der Waals surface area (Å²) in [6.45, 7) is 8.28. The van der Waals surface area contributed by atoms with Gasteiger partial charge in [0.1, 0.15) is 11.5 Å². The zero-order valence-corrected chi connectivity index (χ0v) is 13.1. The first kappa shape index (κ1) is 13.7. The molecular weight excluding hydrogens is 264 g/mol. The highest BCUT2D eigenvalue weighted by Gasteiger charge is 2.34. The van der Waals surface area contributed by atoms with Crippen LogP contribution in [0.1, 0.15) is 29.9 Å². The molecule has 0 atom stereocenters. The Bertz CT molecular complexity index is 486. The Balaban J connectivity index is 1.29. The first-order chi connectivity index (χ1) is 10.3. The summed E-state index contributed by atoms with van der Waals surface area (Å²) in [4.78, 5) is 7.61. The van der Waals surface area contributed by atoms with Gasteiger partial charge in [-0.3, -0.25) is 9.80 Å². The van der Waals surface area contributed by atoms with Crippen LogP contribution in [0.2, 0.25) is 0 Å². The molecule has 0 unspecified atom stereocenters. The maximum Gasteiger partial charge on any atom is 0.140 e. The molecule has 4 rings (SSSR count). The number of rotatable bonds is 3. The summed E-state index contributed by atoms with van der Waals surface area (Å²) >= 11 is 0. The van der Waals surface area contributed by atoms with Crippen LogP contribution in [0.5, 0.6) is 0 Å². The van der Waals surface area contributed by atoms with Crippen LogP contribution in [-0.2, 0) is 19.4 Å². The Morgan fingerprint density at radius 2 is 1.86 bits per heavy atom. The molecule has 1 aromatic rings. The van der Waals surface area contributed by atoms with Gasteiger partial charge in [0, 0.05) is 63.8 Å². The summed E-state index contributed by atoms with van der Waals surface area (Å²) < 4.78 is 5.52. The molecular formula is C16H26N4O. The van der Waals surface area contributed by atoms with Crippen LogP contribution in [0.4, 0.5) is 0 Å². The molecule has 1 aliphatic carbocycles. The predicted octanol–water partition coefficient (Wildman–Crippen LogP) is 0.985. The van der Waals surface area contributed by atoms with Crippen molar-refractivity contribution >= 4 is 0 Å². The largest absolute Gasteiger partial charge is 0.361 e. The van der Waals surface area contributed by atoms with Gasteiger partial charge in [0.2, 0.25) is 0 Å². The molecule has 2 saturated heterocycles. The first-order valence-corrected chi connectivity index (χ1v) is 8.41. The fraction of sp³-hybridized carbons (Fsp3) is 0.812. The van der Waals surface area contributed by atoms with Crippen LogP contribution in [0.3, 0.4) is 0 Å². The molecule has 5 heteroatoms. The van der Waals surface area contributed by atoms with E-state index in [-0.39, 0.29) is 0 Å². The third-order valence-corrected chi connectivity index (χ3v) is 5.40. The van der Waals surface area contributed by atoms with Crippen LogP contribution >= 0.6 is 0 Å². The molecule has 0 spiro atoms. The molecule has 2 aliphatic heterocycles. The van der Waals surface area contributed by atoms with Crippen LogP contribution in [-0.4, -0.2) is 72.2 Å². The van der Waals surface area contributed by atoms with E-state index < -0.39 is 0 Å². The fourth-order valence-electron chi connectivity index (χ4n) is 3.87. The smallest absolute Gasteiger partial charge is 0.140 e. The number of fused-ring (bicyclic) bond motifs is 1. The van der Waals surface area contributed by atoms with Gasteiger partial charge in [-0.25, -0.2) is 0 Å². The summed E-state index contributed by atoms with van der Waals surface area (Å²) in [7, 11) is 2.22. The minimum atomic E-state index is 0.765. The molecule has 0 aromatic carbocycles. The molecule has 2 fully saturated rings. The highest BCUT2D eigenvalue weighted by Crippen LogP contribution is 2.27. The third-order valence-electron chi connectivity index (χ3n) is 5.40. The number of piperazine rings is 1. The van der Waals surface area contributed by atoms with E-state index in [1.165, 1.54) is 69.8 Å². The van der Waals surface area contributed by atoms with E-state index in [0.717, 1.165) is 24.8 Å². The minimum absolute atomic E-state index is 0.765. The molecule has 3 aliphatic rings. The van der Waals surface area contributed by atoms with E-state index in [9.17, 15) is 0 Å². The zero-order valence-electron chi connectivity index (χ0n) is 13.1. The minimum Gasteiger partial charge on any atom is -0.361 e. The summed E-state index contributed by atoms with van der Waals surface area (Å²) in [6, 6.07) is 0.765. The molecule has 1 aromatic heterocycles. The standard InChI is InChI=1S/C16H26N4O/c1-18-6-8-20(9-7-18)13-10-19(11-13)12-15-14-4-2-3-5-16(14)21-17-15/h13H,2-12H2,1H3. The van der Waals surface area contributed by atoms with E-state index in [0.29, 0.717) is 0 Å². The molecule has 0 amide bonds. The quantitative estimate of drug-likeness (QED) is 0.829. The lowest BCUT2D eigenvalue weighted by atomic mass is 9.96. The van der Waals surface area contributed by atoms with Crippen molar-refractivity contribution in [2.45, 2.75) is 38.3 Å². The van der Waals surface area contributed by atoms with Crippen LogP contribution in [0, 0.1) is 0 Å². The molecule has 0 bridgehead atoms. The number of hydrogen-bond acceptors (Lipinski definition) is 5. The lowest BCUT2D eigenvalue weighted by molar-refractivity contribution is 0.00439. The second-order valence-corrected chi connectivity index (χ2v) is 6.93. The van der Waals surface area contributed by atoms with Crippen LogP contribution < -0.4 is 0 Å². The number of likely N-dealkylation sites (N-methyl/N-ethyl adjacent to an activating group) is 1. The molecule has 0 N–H and O–H groups in total. The van der Waals surface area contributed by atoms with Crippen molar-refractivity contribution < 1.29 is 4.52 Å². The average molecular weight is 290 g/mol. The van der Waals surface area contributed by atoms with Crippen molar-refractivity contribution in [1.82, 2.24) is 19.9 Å². The molecule has 21 heavy (non-hydrogen) atoms. The molecule has 5 nitrogen and oxygen atoms in total. The Morgan fingerprint density at radius 1 is 1.10 bits per heavy atom. The lowest BCUT2D eigenvalue weighted by Crippen LogP contribution is -2.62. The highest BCUT2D eigenvalue weighted by atomic mass is 16.5. The van der Waals surface area contributed by atoms with E-state index in [4.69, 9.17) is 4.52 Å². The Kier molecular flexibility index (Phi) is 3.73. The zero-order chi connectivity index (χ0) is 14.2. The first-order valence-electron chi connectivity index (χ1n) is 8.41. The number of likely N-dealkylation sites (tertiary alicyclic amines) is 1. The number of nitrogens with zero attached hydrogens (tertiary/aromatic N) is 4. The van der Waals surface area contributed by atoms with Crippen molar-refractivity contribution in [3.05, 3.63) is 17.0 Å². The van der Waals surface area contributed by atoms with Gasteiger partial charge in [0.15, 0.2) is 0 Å². The highest BCUT2D eigenvalue weighted by molar-refractivity contribution is 5.25. The summed E-state index contributed by atoms with van der Waals surface area (Å²) in [6.07, 6.45) is 4.82. The Hall–Kier alpha value is -0.910. The summed E-state index contributed by atoms with van der Waals surface area (Å²) in [5.74, 6) is 1.16. The second kappa shape index (κ2) is 5.71. The monoisotopic (exact) mass is 290 g/mol. The number of aromatic nitrogens is 1. The van der Waals surface area contributed by atoms with E-state index >= 15 is 0 Å². The number of aryl methyl sites for hydroxylation is 1. The van der Waals surface area contributed by atoms with Gasteiger partial charge in [0.05, 0.1) is 0 Å². The van der Waals surface area contributed by atoms with Crippen molar-refractivity contribution in [2.75, 3.05) is 46.3 Å². The SMILES string of the molecule is CN1CCN(C2CN(Cc3noc4c3CCCC4)C2)CC1. The van der Waals surface area contributed by atoms with Gasteiger partial charge in [-0.2, -0.15) is 0 Å². The molecule has 0 radical (unpaired) electrons. The summed E-state index contributed by atoms with van der Waals surface area (Å²) in [5, 5.41) is 4.33. The lowest BCUT2D eigenvalue weighted by Gasteiger charge is -2.47. The van der Waals surface area contributed by atoms with Crippen LogP contribution in [0.15, 0.2) is 4.52 Å². The predicted molar refractivity (Wildman–Crippen MR) is 81.3 cm³/mol. The van der Waals surface area contributed by atoms with Gasteiger partial charge in [-0.05, 0) is 26.3 Å². The van der Waals surface area contributed by atoms with E-state index in [2.05, 4.69) is 26.9 Å². The second-order valence-electron chi connectivity index (χ2n) is 6.93. The van der Waals surface area contributed by atoms with Gasteiger partial charge >= 0.3 is 0 Å². The Morgan fingerprint density at radius 3 is 2.67 bits per heavy atom. The third kappa shape index (κ3) is 2.74. The van der Waals surface area contributed by atoms with Crippen molar-refractivity contribution in [2.24, 2.45) is 0 Å². The maximum absolute atomic E-state index is 5.52. The van der Waals surface area contributed by atoms with Crippen molar-refractivity contribution in [3.63, 3.8) is 0 Å². The van der Waals surface area contributed by atoms with Gasteiger partial charge in [-0.1, -0.05) is 5.16 Å². The Labute approximate surface area is 126 Å². The van der Waals surface area contributed by atoms with Crippen molar-refractivity contribution in [1.29, 1.82) is 0 Å². The van der Waals surface area contributed by atoms with Crippen LogP contribution in [0.25, 0.3) is 0 Å². The molecule has 3 heterocycles. The molecule has 0 saturated carbocycles. The topological polar surface area (TPSA) is 35.8 Å². The van der Waals surface area contributed by atoms with Gasteiger partial charge in [0.25, 0.3) is 0 Å². The van der Waals surface area contributed by atoms with Gasteiger partial charge < -0.3 is 9.42 Å². The molecule has 116 valence electrons. The van der Waals surface area contributed by atoms with E-state index in [1.807, 2.05) is 0 Å². The maximum atomic E-state index is 5.52. The number of hydrogen-bond donors (Lipinski definition) is 0. The van der Waals surface area contributed by atoms with Crippen molar-refractivity contribution in [3.8, 4) is 0 Å².